The van der Waals surface area contributed by atoms with Crippen molar-refractivity contribution in [2.45, 2.75) is 6.04 Å². The van der Waals surface area contributed by atoms with Gasteiger partial charge < -0.3 is 4.74 Å². The predicted molar refractivity (Wildman–Crippen MR) is 54.0 cm³/mol. The van der Waals surface area contributed by atoms with Crippen molar-refractivity contribution in [2.24, 2.45) is 21.7 Å². The van der Waals surface area contributed by atoms with Gasteiger partial charge in [0.15, 0.2) is 5.90 Å². The molecule has 14 heavy (non-hydrogen) atoms. The Hall–Kier alpha value is -1.31. The molecule has 70 valence electrons. The summed E-state index contributed by atoms with van der Waals surface area (Å²) in [7, 11) is 1.73. The van der Waals surface area contributed by atoms with Crippen LogP contribution >= 0.6 is 0 Å². The lowest BCUT2D eigenvalue weighted by molar-refractivity contribution is 0.383. The molecule has 3 aliphatic carbocycles. The number of allylic oxidation sites excluding steroid dienone is 4. The topological polar surface area (TPSA) is 21.6 Å². The van der Waals surface area contributed by atoms with E-state index in [4.69, 9.17) is 4.74 Å². The summed E-state index contributed by atoms with van der Waals surface area (Å²) in [5, 5.41) is 0. The molecule has 0 unspecified atom stereocenters. The lowest BCUT2D eigenvalue weighted by atomic mass is 9.89. The third kappa shape index (κ3) is 0.423. The molecule has 1 saturated carbocycles. The highest BCUT2D eigenvalue weighted by atomic mass is 16.5. The molecule has 2 heteroatoms. The minimum atomic E-state index is 0.222. The molecule has 1 aliphatic heterocycles. The van der Waals surface area contributed by atoms with Crippen LogP contribution in [0.15, 0.2) is 41.4 Å². The molecule has 1 spiro atoms. The highest BCUT2D eigenvalue weighted by Crippen LogP contribution is 2.80. The molecule has 1 fully saturated rings. The first-order valence-corrected chi connectivity index (χ1v) is 5.03. The Morgan fingerprint density at radius 1 is 1.29 bits per heavy atom. The summed E-state index contributed by atoms with van der Waals surface area (Å²) in [5.74, 6) is 1.42. The number of hydrogen-bond donors (Lipinski definition) is 0. The zero-order chi connectivity index (χ0) is 9.39. The van der Waals surface area contributed by atoms with Crippen molar-refractivity contribution >= 4 is 5.90 Å². The van der Waals surface area contributed by atoms with Crippen molar-refractivity contribution in [3.63, 3.8) is 0 Å². The van der Waals surface area contributed by atoms with Gasteiger partial charge in [0.1, 0.15) is 0 Å². The molecule has 4 rings (SSSR count). The number of methoxy groups -OCH3 is 1. The van der Waals surface area contributed by atoms with Crippen molar-refractivity contribution < 1.29 is 4.74 Å². The highest BCUT2D eigenvalue weighted by Gasteiger charge is 2.83. The Balaban J connectivity index is 1.96. The first-order chi connectivity index (χ1) is 6.85. The summed E-state index contributed by atoms with van der Waals surface area (Å²) < 4.78 is 5.37. The van der Waals surface area contributed by atoms with Crippen molar-refractivity contribution in [1.29, 1.82) is 0 Å². The fraction of sp³-hybridized carbons (Fsp3) is 0.417. The van der Waals surface area contributed by atoms with Crippen molar-refractivity contribution in [1.82, 2.24) is 0 Å². The van der Waals surface area contributed by atoms with Crippen molar-refractivity contribution in [3.8, 4) is 0 Å². The first kappa shape index (κ1) is 7.04. The Labute approximate surface area is 82.7 Å². The van der Waals surface area contributed by atoms with Crippen LogP contribution in [0.4, 0.5) is 0 Å². The maximum Gasteiger partial charge on any atom is 0.189 e. The van der Waals surface area contributed by atoms with Gasteiger partial charge in [-0.15, -0.1) is 0 Å². The quantitative estimate of drug-likeness (QED) is 0.526. The normalized spacial score (nSPS) is 54.2. The molecule has 1 heterocycles. The Morgan fingerprint density at radius 2 is 2.14 bits per heavy atom. The molecular formula is C12H11NO. The van der Waals surface area contributed by atoms with Gasteiger partial charge in [-0.05, 0) is 0 Å². The number of rotatable bonds is 0. The summed E-state index contributed by atoms with van der Waals surface area (Å²) in [6, 6.07) is 0.323. The fourth-order valence-corrected chi connectivity index (χ4v) is 3.65. The van der Waals surface area contributed by atoms with E-state index in [0.29, 0.717) is 12.0 Å². The molecule has 0 bridgehead atoms. The summed E-state index contributed by atoms with van der Waals surface area (Å²) >= 11 is 0. The second-order valence-electron chi connectivity index (χ2n) is 4.49. The molecular weight excluding hydrogens is 174 g/mol. The Morgan fingerprint density at radius 3 is 2.93 bits per heavy atom. The maximum atomic E-state index is 5.37. The van der Waals surface area contributed by atoms with E-state index in [2.05, 4.69) is 41.4 Å². The van der Waals surface area contributed by atoms with Crippen LogP contribution in [0.2, 0.25) is 0 Å². The molecule has 0 aromatic heterocycles. The van der Waals surface area contributed by atoms with Crippen LogP contribution in [0, 0.1) is 16.7 Å². The lowest BCUT2D eigenvalue weighted by Crippen LogP contribution is -2.17. The van der Waals surface area contributed by atoms with E-state index in [1.165, 1.54) is 0 Å². The summed E-state index contributed by atoms with van der Waals surface area (Å²) in [6.45, 7) is 0. The number of hydrogen-bond acceptors (Lipinski definition) is 2. The zero-order valence-corrected chi connectivity index (χ0v) is 7.97. The molecule has 0 saturated heterocycles. The SMILES string of the molecule is COC1=N[C@H]2C=C[C@@]34C=CC=C[C@]23[C@H]14. The molecule has 0 radical (unpaired) electrons. The largest absolute Gasteiger partial charge is 0.484 e. The van der Waals surface area contributed by atoms with Crippen LogP contribution in [0.3, 0.4) is 0 Å². The molecule has 2 nitrogen and oxygen atoms in total. The van der Waals surface area contributed by atoms with Crippen LogP contribution in [-0.4, -0.2) is 19.0 Å². The number of aliphatic imine (C=N–C) groups is 1. The Kier molecular flexibility index (Phi) is 0.877. The van der Waals surface area contributed by atoms with Gasteiger partial charge >= 0.3 is 0 Å². The monoisotopic (exact) mass is 185 g/mol. The van der Waals surface area contributed by atoms with E-state index < -0.39 is 0 Å². The minimum absolute atomic E-state index is 0.222. The molecule has 0 N–H and O–H groups in total. The summed E-state index contributed by atoms with van der Waals surface area (Å²) in [4.78, 5) is 4.59. The predicted octanol–water partition coefficient (Wildman–Crippen LogP) is 1.71. The minimum Gasteiger partial charge on any atom is -0.484 e. The first-order valence-electron chi connectivity index (χ1n) is 5.03. The van der Waals surface area contributed by atoms with Crippen LogP contribution in [0.25, 0.3) is 0 Å². The van der Waals surface area contributed by atoms with Crippen molar-refractivity contribution in [3.05, 3.63) is 36.5 Å². The van der Waals surface area contributed by atoms with Gasteiger partial charge in [0.05, 0.1) is 19.1 Å². The third-order valence-electron chi connectivity index (χ3n) is 4.24. The smallest absolute Gasteiger partial charge is 0.189 e. The van der Waals surface area contributed by atoms with Gasteiger partial charge in [-0.1, -0.05) is 36.5 Å². The lowest BCUT2D eigenvalue weighted by Gasteiger charge is -2.17. The van der Waals surface area contributed by atoms with Crippen LogP contribution in [0.1, 0.15) is 0 Å². The van der Waals surface area contributed by atoms with Crippen LogP contribution in [-0.2, 0) is 4.74 Å². The van der Waals surface area contributed by atoms with Gasteiger partial charge in [-0.2, -0.15) is 0 Å². The van der Waals surface area contributed by atoms with Gasteiger partial charge in [-0.25, -0.2) is 4.99 Å². The van der Waals surface area contributed by atoms with E-state index in [1.54, 1.807) is 7.11 Å². The van der Waals surface area contributed by atoms with E-state index in [9.17, 15) is 0 Å². The standard InChI is InChI=1S/C12H11NO/c1-14-10-9-11-5-2-3-6-12(9,11)8(13-10)4-7-11/h2-9H,1H3/t8-,9+,11+,12+/m0/s1. The average Bonchev–Trinajstić information content (AvgIpc) is 2.59. The second-order valence-corrected chi connectivity index (χ2v) is 4.49. The number of nitrogens with zero attached hydrogens (tertiary/aromatic N) is 1. The number of ether oxygens (including phenoxy) is 1. The van der Waals surface area contributed by atoms with Crippen LogP contribution < -0.4 is 0 Å². The highest BCUT2D eigenvalue weighted by molar-refractivity contribution is 5.92. The van der Waals surface area contributed by atoms with E-state index in [-0.39, 0.29) is 10.8 Å². The average molecular weight is 185 g/mol. The molecule has 0 aromatic rings. The third-order valence-corrected chi connectivity index (χ3v) is 4.24. The summed E-state index contributed by atoms with van der Waals surface area (Å²) in [5.41, 5.74) is 0.451. The van der Waals surface area contributed by atoms with Gasteiger partial charge in [0.2, 0.25) is 0 Å². The zero-order valence-electron chi connectivity index (χ0n) is 7.97. The molecule has 0 aromatic carbocycles. The molecule has 4 atom stereocenters. The molecule has 4 aliphatic rings. The van der Waals surface area contributed by atoms with Crippen molar-refractivity contribution in [2.75, 3.05) is 7.11 Å². The van der Waals surface area contributed by atoms with E-state index in [1.807, 2.05) is 0 Å². The van der Waals surface area contributed by atoms with Gasteiger partial charge in [-0.3, -0.25) is 0 Å². The van der Waals surface area contributed by atoms with E-state index in [0.717, 1.165) is 5.90 Å². The second kappa shape index (κ2) is 1.74. The van der Waals surface area contributed by atoms with Gasteiger partial charge in [0, 0.05) is 10.8 Å². The van der Waals surface area contributed by atoms with E-state index >= 15 is 0 Å². The van der Waals surface area contributed by atoms with Crippen LogP contribution in [0.5, 0.6) is 0 Å². The molecule has 0 amide bonds. The fourth-order valence-electron chi connectivity index (χ4n) is 3.65. The Bertz CT molecular complexity index is 445. The van der Waals surface area contributed by atoms with Gasteiger partial charge in [0.25, 0.3) is 0 Å². The summed E-state index contributed by atoms with van der Waals surface area (Å²) in [6.07, 6.45) is 13.5. The maximum absolute atomic E-state index is 5.37.